The van der Waals surface area contributed by atoms with Gasteiger partial charge in [0.05, 0.1) is 31.1 Å². The van der Waals surface area contributed by atoms with Gasteiger partial charge in [-0.1, -0.05) is 17.3 Å². The van der Waals surface area contributed by atoms with Crippen LogP contribution in [-0.2, 0) is 9.57 Å². The molecule has 3 aromatic rings. The Hall–Kier alpha value is -3.96. The minimum atomic E-state index is -0.678. The second-order valence-corrected chi connectivity index (χ2v) is 7.76. The molecule has 1 aromatic heterocycles. The molecule has 1 fully saturated rings. The molecular formula is C23H20F2N4O5. The van der Waals surface area contributed by atoms with Crippen LogP contribution in [0.3, 0.4) is 0 Å². The number of aliphatic hydroxyl groups excluding tert-OH is 1. The molecule has 0 aliphatic carbocycles. The van der Waals surface area contributed by atoms with Crippen LogP contribution in [0.25, 0.3) is 16.8 Å². The Labute approximate surface area is 192 Å². The number of rotatable bonds is 7. The van der Waals surface area contributed by atoms with E-state index in [2.05, 4.69) is 16.0 Å². The van der Waals surface area contributed by atoms with E-state index in [-0.39, 0.29) is 24.3 Å². The van der Waals surface area contributed by atoms with Crippen molar-refractivity contribution in [2.45, 2.75) is 12.2 Å². The molecule has 2 aliphatic heterocycles. The number of cyclic esters (lactones) is 1. The number of hydrogen-bond acceptors (Lipinski definition) is 8. The molecule has 1 amide bonds. The van der Waals surface area contributed by atoms with Gasteiger partial charge < -0.3 is 19.7 Å². The topological polar surface area (TPSA) is 109 Å². The van der Waals surface area contributed by atoms with Gasteiger partial charge in [-0.25, -0.2) is 13.6 Å². The van der Waals surface area contributed by atoms with Crippen molar-refractivity contribution in [3.8, 4) is 11.1 Å². The molecular weight excluding hydrogens is 450 g/mol. The van der Waals surface area contributed by atoms with Crippen molar-refractivity contribution < 1.29 is 32.8 Å². The van der Waals surface area contributed by atoms with Crippen molar-refractivity contribution in [2.24, 2.45) is 0 Å². The third-order valence-corrected chi connectivity index (χ3v) is 5.51. The van der Waals surface area contributed by atoms with Gasteiger partial charge in [0.15, 0.2) is 5.82 Å². The van der Waals surface area contributed by atoms with Crippen molar-refractivity contribution in [2.75, 3.05) is 29.9 Å². The lowest BCUT2D eigenvalue weighted by molar-refractivity contribution is 0.0173. The summed E-state index contributed by atoms with van der Waals surface area (Å²) in [6.45, 7) is 0.310. The Morgan fingerprint density at radius 3 is 2.62 bits per heavy atom. The SMILES string of the molecule is O=C1O[C@@H](CNc2ccon2)CN1c1ccc(-c2ccc(C3=CC(CO)ON3)cc2F)c(F)c1. The van der Waals surface area contributed by atoms with Gasteiger partial charge in [-0.2, -0.15) is 0 Å². The molecule has 2 aromatic carbocycles. The Morgan fingerprint density at radius 2 is 1.94 bits per heavy atom. The molecule has 3 heterocycles. The number of hydroxylamine groups is 1. The number of aromatic nitrogens is 1. The van der Waals surface area contributed by atoms with E-state index < -0.39 is 29.9 Å². The molecule has 176 valence electrons. The number of aliphatic hydroxyl groups is 1. The monoisotopic (exact) mass is 470 g/mol. The van der Waals surface area contributed by atoms with Gasteiger partial charge in [0.1, 0.15) is 30.1 Å². The van der Waals surface area contributed by atoms with Crippen molar-refractivity contribution in [1.29, 1.82) is 0 Å². The van der Waals surface area contributed by atoms with Gasteiger partial charge in [-0.15, -0.1) is 0 Å². The zero-order chi connectivity index (χ0) is 23.7. The predicted octanol–water partition coefficient (Wildman–Crippen LogP) is 3.29. The fraction of sp³-hybridized carbons (Fsp3) is 0.217. The van der Waals surface area contributed by atoms with Crippen LogP contribution in [-0.4, -0.2) is 48.3 Å². The third kappa shape index (κ3) is 4.30. The van der Waals surface area contributed by atoms with Crippen LogP contribution in [0.4, 0.5) is 25.1 Å². The van der Waals surface area contributed by atoms with Crippen LogP contribution in [0.1, 0.15) is 5.56 Å². The quantitative estimate of drug-likeness (QED) is 0.483. The lowest BCUT2D eigenvalue weighted by Gasteiger charge is -2.15. The Morgan fingerprint density at radius 1 is 1.15 bits per heavy atom. The summed E-state index contributed by atoms with van der Waals surface area (Å²) in [5, 5.41) is 15.8. The Balaban J connectivity index is 1.30. The van der Waals surface area contributed by atoms with Crippen LogP contribution >= 0.6 is 0 Å². The van der Waals surface area contributed by atoms with Crippen molar-refractivity contribution in [3.05, 3.63) is 72.0 Å². The number of benzene rings is 2. The van der Waals surface area contributed by atoms with Gasteiger partial charge in [0.25, 0.3) is 0 Å². The molecule has 11 heteroatoms. The first-order valence-electron chi connectivity index (χ1n) is 10.5. The number of hydrogen-bond donors (Lipinski definition) is 3. The van der Waals surface area contributed by atoms with E-state index >= 15 is 0 Å². The normalized spacial score (nSPS) is 19.7. The second-order valence-electron chi connectivity index (χ2n) is 7.76. The standard InChI is InChI=1S/C23H20F2N4O5/c24-19-7-13(21-9-15(12-30)34-27-21)1-3-17(19)18-4-2-14(8-20(18)25)29-11-16(33-23(29)31)10-26-22-5-6-32-28-22/h1-9,15-16,27,30H,10-12H2,(H,26,28)/t15?,16-/m0/s1. The maximum atomic E-state index is 15.0. The average Bonchev–Trinajstić information content (AvgIpc) is 3.59. The number of nitrogens with one attached hydrogen (secondary N) is 2. The number of anilines is 2. The summed E-state index contributed by atoms with van der Waals surface area (Å²) in [5.74, 6) is -0.791. The second kappa shape index (κ2) is 9.12. The van der Waals surface area contributed by atoms with E-state index in [1.54, 1.807) is 24.3 Å². The van der Waals surface area contributed by atoms with E-state index in [0.717, 1.165) is 0 Å². The summed E-state index contributed by atoms with van der Waals surface area (Å²) < 4.78 is 39.9. The fourth-order valence-corrected chi connectivity index (χ4v) is 3.79. The van der Waals surface area contributed by atoms with Gasteiger partial charge in [0, 0.05) is 22.8 Å². The largest absolute Gasteiger partial charge is 0.442 e. The molecule has 0 saturated carbocycles. The highest BCUT2D eigenvalue weighted by Crippen LogP contribution is 2.32. The first kappa shape index (κ1) is 21.9. The predicted molar refractivity (Wildman–Crippen MR) is 117 cm³/mol. The van der Waals surface area contributed by atoms with E-state index in [1.807, 2.05) is 0 Å². The first-order chi connectivity index (χ1) is 16.5. The lowest BCUT2D eigenvalue weighted by atomic mass is 10.0. The molecule has 1 saturated heterocycles. The number of carbonyl (C=O) groups is 1. The molecule has 0 spiro atoms. The Bertz CT molecular complexity index is 1230. The van der Waals surface area contributed by atoms with E-state index in [4.69, 9.17) is 19.2 Å². The minimum Gasteiger partial charge on any atom is -0.442 e. The van der Waals surface area contributed by atoms with Crippen molar-refractivity contribution in [3.63, 3.8) is 0 Å². The number of ether oxygens (including phenoxy) is 1. The van der Waals surface area contributed by atoms with Crippen molar-refractivity contribution in [1.82, 2.24) is 10.6 Å². The zero-order valence-corrected chi connectivity index (χ0v) is 17.7. The summed E-state index contributed by atoms with van der Waals surface area (Å²) in [6.07, 6.45) is 1.46. The summed E-state index contributed by atoms with van der Waals surface area (Å²) in [6, 6.07) is 10.1. The zero-order valence-electron chi connectivity index (χ0n) is 17.7. The van der Waals surface area contributed by atoms with E-state index in [0.29, 0.717) is 29.3 Å². The van der Waals surface area contributed by atoms with Gasteiger partial charge in [0.2, 0.25) is 0 Å². The maximum absolute atomic E-state index is 15.0. The number of halogens is 2. The molecule has 2 aliphatic rings. The van der Waals surface area contributed by atoms with Crippen LogP contribution < -0.4 is 15.7 Å². The smallest absolute Gasteiger partial charge is 0.414 e. The van der Waals surface area contributed by atoms with Crippen LogP contribution in [0.15, 0.2) is 59.3 Å². The Kier molecular flexibility index (Phi) is 5.86. The number of amides is 1. The first-order valence-corrected chi connectivity index (χ1v) is 10.5. The van der Waals surface area contributed by atoms with Crippen LogP contribution in [0.2, 0.25) is 0 Å². The van der Waals surface area contributed by atoms with Crippen molar-refractivity contribution >= 4 is 23.3 Å². The highest BCUT2D eigenvalue weighted by atomic mass is 19.1. The van der Waals surface area contributed by atoms with Crippen LogP contribution in [0, 0.1) is 11.6 Å². The summed E-state index contributed by atoms with van der Waals surface area (Å²) in [4.78, 5) is 18.7. The van der Waals surface area contributed by atoms with Gasteiger partial charge in [-0.05, 0) is 30.3 Å². The van der Waals surface area contributed by atoms with Gasteiger partial charge in [-0.3, -0.25) is 15.2 Å². The van der Waals surface area contributed by atoms with Gasteiger partial charge >= 0.3 is 6.09 Å². The molecule has 0 bridgehead atoms. The molecule has 1 unspecified atom stereocenters. The molecule has 5 rings (SSSR count). The summed E-state index contributed by atoms with van der Waals surface area (Å²) in [5.41, 5.74) is 4.08. The summed E-state index contributed by atoms with van der Waals surface area (Å²) in [7, 11) is 0. The highest BCUT2D eigenvalue weighted by Gasteiger charge is 2.33. The highest BCUT2D eigenvalue weighted by molar-refractivity contribution is 5.90. The van der Waals surface area contributed by atoms with E-state index in [1.165, 1.54) is 35.4 Å². The maximum Gasteiger partial charge on any atom is 0.414 e. The molecule has 3 N–H and O–H groups in total. The number of carbonyl (C=O) groups excluding carboxylic acids is 1. The molecule has 9 nitrogen and oxygen atoms in total. The molecule has 2 atom stereocenters. The number of nitrogens with zero attached hydrogens (tertiary/aromatic N) is 2. The lowest BCUT2D eigenvalue weighted by Crippen LogP contribution is -2.27. The summed E-state index contributed by atoms with van der Waals surface area (Å²) >= 11 is 0. The van der Waals surface area contributed by atoms with Crippen LogP contribution in [0.5, 0.6) is 0 Å². The minimum absolute atomic E-state index is 0.0578. The van der Waals surface area contributed by atoms with E-state index in [9.17, 15) is 13.6 Å². The fourth-order valence-electron chi connectivity index (χ4n) is 3.79. The molecule has 0 radical (unpaired) electrons. The third-order valence-electron chi connectivity index (χ3n) is 5.51. The average molecular weight is 470 g/mol. The molecule has 34 heavy (non-hydrogen) atoms.